The number of rotatable bonds is 8. The van der Waals surface area contributed by atoms with E-state index in [2.05, 4.69) is 17.1 Å². The molecule has 0 bridgehead atoms. The standard InChI is InChI=1S/C28H27Cl2N3O4S/c1-33(28-31-22-12-7-16(27(34)35)13-23(22)38-28)17-8-10-18(11-9-17)36-14-19-25(32-37-26(19)15-5-6-15)24-20(29)3-2-4-21(24)30/h2-4,7,12-13,15,17-18H,5-6,8-11,14H2,1H3,(H,34,35). The van der Waals surface area contributed by atoms with Crippen LogP contribution in [0.5, 0.6) is 0 Å². The lowest BCUT2D eigenvalue weighted by atomic mass is 9.92. The Hall–Kier alpha value is -2.65. The maximum atomic E-state index is 11.3. The molecule has 2 fully saturated rings. The van der Waals surface area contributed by atoms with Gasteiger partial charge in [0.15, 0.2) is 5.13 Å². The van der Waals surface area contributed by atoms with Crippen LogP contribution in [-0.2, 0) is 11.3 Å². The largest absolute Gasteiger partial charge is 0.478 e. The SMILES string of the molecule is CN(c1nc2ccc(C(=O)O)cc2s1)C1CCC(OCc2c(-c3c(Cl)cccc3Cl)noc2C2CC2)CC1. The average molecular weight is 573 g/mol. The summed E-state index contributed by atoms with van der Waals surface area (Å²) in [6.45, 7) is 0.418. The Morgan fingerprint density at radius 3 is 2.55 bits per heavy atom. The molecule has 0 radical (unpaired) electrons. The van der Waals surface area contributed by atoms with Crippen LogP contribution < -0.4 is 4.90 Å². The average Bonchev–Trinajstić information content (AvgIpc) is 3.53. The van der Waals surface area contributed by atoms with Gasteiger partial charge in [0.05, 0.1) is 38.5 Å². The summed E-state index contributed by atoms with van der Waals surface area (Å²) in [5.74, 6) is 0.359. The molecule has 0 atom stereocenters. The van der Waals surface area contributed by atoms with E-state index >= 15 is 0 Å². The fourth-order valence-corrected chi connectivity index (χ4v) is 6.82. The minimum Gasteiger partial charge on any atom is -0.478 e. The number of carboxylic acids is 1. The summed E-state index contributed by atoms with van der Waals surface area (Å²) in [5.41, 5.74) is 3.44. The van der Waals surface area contributed by atoms with Crippen molar-refractivity contribution < 1.29 is 19.2 Å². The second kappa shape index (κ2) is 10.5. The summed E-state index contributed by atoms with van der Waals surface area (Å²) >= 11 is 14.5. The van der Waals surface area contributed by atoms with Crippen LogP contribution in [0.4, 0.5) is 5.13 Å². The topological polar surface area (TPSA) is 88.7 Å². The van der Waals surface area contributed by atoms with Gasteiger partial charge in [-0.15, -0.1) is 0 Å². The maximum Gasteiger partial charge on any atom is 0.335 e. The van der Waals surface area contributed by atoms with Crippen LogP contribution >= 0.6 is 34.5 Å². The number of fused-ring (bicyclic) bond motifs is 1. The van der Waals surface area contributed by atoms with Crippen molar-refractivity contribution in [2.24, 2.45) is 0 Å². The lowest BCUT2D eigenvalue weighted by Crippen LogP contribution is -2.37. The molecular weight excluding hydrogens is 545 g/mol. The lowest BCUT2D eigenvalue weighted by molar-refractivity contribution is 0.0131. The molecule has 0 unspecified atom stereocenters. The molecule has 4 aromatic rings. The molecule has 198 valence electrons. The minimum absolute atomic E-state index is 0.143. The molecule has 0 spiro atoms. The van der Waals surface area contributed by atoms with Crippen molar-refractivity contribution in [1.29, 1.82) is 0 Å². The van der Waals surface area contributed by atoms with Crippen molar-refractivity contribution in [2.45, 2.75) is 63.2 Å². The third kappa shape index (κ3) is 5.02. The van der Waals surface area contributed by atoms with Gasteiger partial charge in [0, 0.05) is 30.1 Å². The van der Waals surface area contributed by atoms with Crippen molar-refractivity contribution in [2.75, 3.05) is 11.9 Å². The quantitative estimate of drug-likeness (QED) is 0.231. The van der Waals surface area contributed by atoms with Gasteiger partial charge in [-0.25, -0.2) is 9.78 Å². The van der Waals surface area contributed by atoms with Crippen LogP contribution in [0.2, 0.25) is 10.0 Å². The summed E-state index contributed by atoms with van der Waals surface area (Å²) in [4.78, 5) is 18.3. The van der Waals surface area contributed by atoms with Crippen molar-refractivity contribution in [3.05, 3.63) is 63.3 Å². The van der Waals surface area contributed by atoms with E-state index in [-0.39, 0.29) is 11.7 Å². The summed E-state index contributed by atoms with van der Waals surface area (Å²) in [7, 11) is 2.07. The van der Waals surface area contributed by atoms with Crippen LogP contribution in [-0.4, -0.2) is 40.4 Å². The molecule has 0 aliphatic heterocycles. The fourth-order valence-electron chi connectivity index (χ4n) is 5.20. The van der Waals surface area contributed by atoms with E-state index in [4.69, 9.17) is 37.4 Å². The number of carboxylic acid groups (broad SMARTS) is 1. The minimum atomic E-state index is -0.925. The highest BCUT2D eigenvalue weighted by atomic mass is 35.5. The highest BCUT2D eigenvalue weighted by molar-refractivity contribution is 7.22. The third-order valence-corrected chi connectivity index (χ3v) is 9.29. The number of nitrogens with zero attached hydrogens (tertiary/aromatic N) is 3. The Morgan fingerprint density at radius 2 is 1.87 bits per heavy atom. The van der Waals surface area contributed by atoms with Gasteiger partial charge in [0.25, 0.3) is 0 Å². The maximum absolute atomic E-state index is 11.3. The summed E-state index contributed by atoms with van der Waals surface area (Å²) < 4.78 is 13.1. The van der Waals surface area contributed by atoms with Gasteiger partial charge in [-0.05, 0) is 68.9 Å². The number of aromatic carboxylic acids is 1. The molecule has 2 aromatic heterocycles. The van der Waals surface area contributed by atoms with E-state index in [0.717, 1.165) is 65.2 Å². The molecule has 2 aliphatic carbocycles. The smallest absolute Gasteiger partial charge is 0.335 e. The number of aromatic nitrogens is 2. The molecule has 7 nitrogen and oxygen atoms in total. The van der Waals surface area contributed by atoms with Crippen molar-refractivity contribution >= 4 is 55.9 Å². The van der Waals surface area contributed by atoms with Crippen molar-refractivity contribution in [1.82, 2.24) is 10.1 Å². The number of benzene rings is 2. The molecule has 2 aromatic carbocycles. The van der Waals surface area contributed by atoms with E-state index in [1.807, 2.05) is 18.2 Å². The Morgan fingerprint density at radius 1 is 1.13 bits per heavy atom. The fraction of sp³-hybridized carbons (Fsp3) is 0.393. The molecule has 0 saturated heterocycles. The third-order valence-electron chi connectivity index (χ3n) is 7.55. The summed E-state index contributed by atoms with van der Waals surface area (Å²) in [5, 5.41) is 15.6. The van der Waals surface area contributed by atoms with Crippen LogP contribution in [0.15, 0.2) is 40.9 Å². The van der Waals surface area contributed by atoms with Gasteiger partial charge in [0.1, 0.15) is 11.5 Å². The molecular formula is C28H27Cl2N3O4S. The van der Waals surface area contributed by atoms with Crippen LogP contribution in [0.3, 0.4) is 0 Å². The summed E-state index contributed by atoms with van der Waals surface area (Å²) in [6.07, 6.45) is 6.19. The lowest BCUT2D eigenvalue weighted by Gasteiger charge is -2.34. The molecule has 1 N–H and O–H groups in total. The van der Waals surface area contributed by atoms with E-state index in [1.165, 1.54) is 11.3 Å². The van der Waals surface area contributed by atoms with Crippen LogP contribution in [0.25, 0.3) is 21.5 Å². The number of ether oxygens (including phenoxy) is 1. The van der Waals surface area contributed by atoms with Gasteiger partial charge < -0.3 is 19.3 Å². The summed E-state index contributed by atoms with van der Waals surface area (Å²) in [6, 6.07) is 10.9. The monoisotopic (exact) mass is 571 g/mol. The Bertz CT molecular complexity index is 1470. The first-order valence-electron chi connectivity index (χ1n) is 12.8. The van der Waals surface area contributed by atoms with Gasteiger partial charge in [-0.3, -0.25) is 0 Å². The van der Waals surface area contributed by atoms with Gasteiger partial charge in [-0.2, -0.15) is 0 Å². The Balaban J connectivity index is 1.11. The van der Waals surface area contributed by atoms with Crippen molar-refractivity contribution in [3.63, 3.8) is 0 Å². The zero-order chi connectivity index (χ0) is 26.4. The van der Waals surface area contributed by atoms with Gasteiger partial charge in [0.2, 0.25) is 0 Å². The second-order valence-electron chi connectivity index (χ2n) is 10.1. The number of halogens is 2. The van der Waals surface area contributed by atoms with E-state index < -0.39 is 5.97 Å². The second-order valence-corrected chi connectivity index (χ2v) is 11.9. The van der Waals surface area contributed by atoms with E-state index in [0.29, 0.717) is 39.9 Å². The predicted molar refractivity (Wildman–Crippen MR) is 150 cm³/mol. The number of hydrogen-bond donors (Lipinski definition) is 1. The van der Waals surface area contributed by atoms with E-state index in [9.17, 15) is 9.90 Å². The molecule has 10 heteroatoms. The first-order chi connectivity index (χ1) is 18.4. The molecule has 2 heterocycles. The number of hydrogen-bond acceptors (Lipinski definition) is 7. The van der Waals surface area contributed by atoms with E-state index in [1.54, 1.807) is 18.2 Å². The highest BCUT2D eigenvalue weighted by Crippen LogP contribution is 2.46. The van der Waals surface area contributed by atoms with Gasteiger partial charge in [-0.1, -0.05) is 45.8 Å². The Labute approximate surface area is 234 Å². The Kier molecular flexibility index (Phi) is 7.07. The number of carbonyl (C=O) groups is 1. The molecule has 6 rings (SSSR count). The normalized spacial score (nSPS) is 19.7. The first-order valence-corrected chi connectivity index (χ1v) is 14.4. The predicted octanol–water partition coefficient (Wildman–Crippen LogP) is 7.80. The van der Waals surface area contributed by atoms with Gasteiger partial charge >= 0.3 is 5.97 Å². The van der Waals surface area contributed by atoms with Crippen LogP contribution in [0.1, 0.15) is 66.1 Å². The number of anilines is 1. The first kappa shape index (κ1) is 25.6. The highest BCUT2D eigenvalue weighted by Gasteiger charge is 2.34. The molecule has 2 saturated carbocycles. The van der Waals surface area contributed by atoms with Crippen LogP contribution in [0, 0.1) is 0 Å². The molecule has 2 aliphatic rings. The molecule has 0 amide bonds. The number of thiazole rings is 1. The van der Waals surface area contributed by atoms with Crippen molar-refractivity contribution in [3.8, 4) is 11.3 Å². The zero-order valence-electron chi connectivity index (χ0n) is 20.8. The zero-order valence-corrected chi connectivity index (χ0v) is 23.2. The molecule has 38 heavy (non-hydrogen) atoms.